The van der Waals surface area contributed by atoms with Gasteiger partial charge in [-0.25, -0.2) is 18.2 Å². The molecule has 1 aromatic rings. The van der Waals surface area contributed by atoms with Crippen molar-refractivity contribution in [1.82, 2.24) is 15.2 Å². The summed E-state index contributed by atoms with van der Waals surface area (Å²) in [4.78, 5) is 19.8. The van der Waals surface area contributed by atoms with Gasteiger partial charge in [0.25, 0.3) is 12.3 Å². The molecule has 34 heavy (non-hydrogen) atoms. The third kappa shape index (κ3) is 4.52. The monoisotopic (exact) mass is 472 g/mol. The van der Waals surface area contributed by atoms with Crippen LogP contribution in [0.15, 0.2) is 39.9 Å². The summed E-state index contributed by atoms with van der Waals surface area (Å²) >= 11 is 0. The van der Waals surface area contributed by atoms with Crippen molar-refractivity contribution in [2.45, 2.75) is 52.1 Å². The minimum atomic E-state index is -2.95. The summed E-state index contributed by atoms with van der Waals surface area (Å²) in [6, 6.07) is 5.24. The maximum Gasteiger partial charge on any atom is 0.266 e. The number of nitriles is 1. The molecule has 10 heteroatoms. The first-order chi connectivity index (χ1) is 16.1. The second-order valence-electron chi connectivity index (χ2n) is 9.31. The standard InChI is InChI=1S/C24H27F3N6O/c1-14-12-33-22(29-14)18(11-19(31-33)32-9-7-24(3,13-28)8-10-32)23(34)30-15(2)16-5-4-6-17(20(16)25)21(26)27/h4-6,11,14-15,21H,7-10,12H2,1-3H3,(H,30,34)/t14-,15-/m1/s1. The molecule has 4 rings (SSSR count). The van der Waals surface area contributed by atoms with Crippen molar-refractivity contribution >= 4 is 17.6 Å². The maximum absolute atomic E-state index is 14.6. The van der Waals surface area contributed by atoms with Gasteiger partial charge in [-0.2, -0.15) is 10.4 Å². The summed E-state index contributed by atoms with van der Waals surface area (Å²) in [6.07, 6.45) is 0.0899. The Hall–Kier alpha value is -3.35. The van der Waals surface area contributed by atoms with Crippen LogP contribution in [0.25, 0.3) is 0 Å². The van der Waals surface area contributed by atoms with E-state index in [2.05, 4.69) is 21.5 Å². The molecule has 0 unspecified atom stereocenters. The molecule has 2 atom stereocenters. The van der Waals surface area contributed by atoms with E-state index >= 15 is 0 Å². The first kappa shape index (κ1) is 23.8. The zero-order chi connectivity index (χ0) is 24.6. The number of nitrogens with one attached hydrogen (secondary N) is 1. The number of piperidine rings is 1. The van der Waals surface area contributed by atoms with Gasteiger partial charge in [-0.1, -0.05) is 18.2 Å². The molecule has 0 spiro atoms. The van der Waals surface area contributed by atoms with E-state index in [9.17, 15) is 23.2 Å². The highest BCUT2D eigenvalue weighted by atomic mass is 19.3. The number of likely N-dealkylation sites (tertiary alicyclic amines) is 1. The molecule has 1 fully saturated rings. The second-order valence-corrected chi connectivity index (χ2v) is 9.31. The number of benzene rings is 1. The Labute approximate surface area is 196 Å². The first-order valence-corrected chi connectivity index (χ1v) is 11.3. The number of carbonyl (C=O) groups excluding carboxylic acids is 1. The van der Waals surface area contributed by atoms with Crippen molar-refractivity contribution in [3.63, 3.8) is 0 Å². The van der Waals surface area contributed by atoms with Gasteiger partial charge in [-0.15, -0.1) is 0 Å². The van der Waals surface area contributed by atoms with Crippen molar-refractivity contribution in [2.75, 3.05) is 19.6 Å². The molecule has 1 amide bonds. The van der Waals surface area contributed by atoms with Crippen molar-refractivity contribution in [1.29, 1.82) is 5.26 Å². The van der Waals surface area contributed by atoms with Gasteiger partial charge in [0.2, 0.25) is 0 Å². The molecule has 180 valence electrons. The van der Waals surface area contributed by atoms with E-state index in [4.69, 9.17) is 0 Å². The highest BCUT2D eigenvalue weighted by Gasteiger charge is 2.36. The minimum absolute atomic E-state index is 0.0122. The fraction of sp³-hybridized carbons (Fsp3) is 0.500. The van der Waals surface area contributed by atoms with E-state index in [0.29, 0.717) is 49.7 Å². The van der Waals surface area contributed by atoms with Crippen molar-refractivity contribution in [3.8, 4) is 6.07 Å². The summed E-state index contributed by atoms with van der Waals surface area (Å²) in [6.45, 7) is 7.20. The fourth-order valence-corrected chi connectivity index (χ4v) is 4.38. The number of fused-ring (bicyclic) bond motifs is 1. The van der Waals surface area contributed by atoms with Gasteiger partial charge in [0.05, 0.1) is 41.2 Å². The Morgan fingerprint density at radius 3 is 2.62 bits per heavy atom. The lowest BCUT2D eigenvalue weighted by molar-refractivity contribution is -0.117. The van der Waals surface area contributed by atoms with E-state index in [1.165, 1.54) is 12.1 Å². The Kier molecular flexibility index (Phi) is 6.39. The van der Waals surface area contributed by atoms with E-state index in [1.807, 2.05) is 18.7 Å². The van der Waals surface area contributed by atoms with Crippen LogP contribution >= 0.6 is 0 Å². The van der Waals surface area contributed by atoms with Crippen LogP contribution in [0.1, 0.15) is 57.2 Å². The van der Waals surface area contributed by atoms with Gasteiger partial charge in [0, 0.05) is 18.7 Å². The largest absolute Gasteiger partial charge is 0.355 e. The van der Waals surface area contributed by atoms with E-state index in [-0.39, 0.29) is 17.0 Å². The number of alkyl halides is 2. The number of halogens is 3. The number of hydrazone groups is 1. The molecule has 1 aromatic carbocycles. The van der Waals surface area contributed by atoms with Gasteiger partial charge in [0.1, 0.15) is 11.7 Å². The summed E-state index contributed by atoms with van der Waals surface area (Å²) in [5.41, 5.74) is -0.793. The molecule has 0 aliphatic carbocycles. The van der Waals surface area contributed by atoms with Crippen LogP contribution in [0, 0.1) is 22.6 Å². The van der Waals surface area contributed by atoms with Gasteiger partial charge < -0.3 is 10.2 Å². The molecule has 7 nitrogen and oxygen atoms in total. The molecule has 0 saturated carbocycles. The van der Waals surface area contributed by atoms with Crippen LogP contribution in [-0.4, -0.2) is 53.2 Å². The van der Waals surface area contributed by atoms with Crippen LogP contribution in [0.4, 0.5) is 13.2 Å². The molecule has 0 radical (unpaired) electrons. The summed E-state index contributed by atoms with van der Waals surface area (Å²) in [5, 5.41) is 18.5. The van der Waals surface area contributed by atoms with Crippen LogP contribution in [0.5, 0.6) is 0 Å². The summed E-state index contributed by atoms with van der Waals surface area (Å²) in [5.74, 6) is -0.468. The zero-order valence-electron chi connectivity index (χ0n) is 19.4. The Balaban J connectivity index is 1.57. The average Bonchev–Trinajstić information content (AvgIpc) is 3.18. The van der Waals surface area contributed by atoms with E-state index in [1.54, 1.807) is 18.0 Å². The quantitative estimate of drug-likeness (QED) is 0.720. The Morgan fingerprint density at radius 1 is 1.29 bits per heavy atom. The number of carbonyl (C=O) groups is 1. The zero-order valence-corrected chi connectivity index (χ0v) is 19.4. The predicted octanol–water partition coefficient (Wildman–Crippen LogP) is 3.92. The lowest BCUT2D eigenvalue weighted by Crippen LogP contribution is -2.45. The summed E-state index contributed by atoms with van der Waals surface area (Å²) in [7, 11) is 0. The lowest BCUT2D eigenvalue weighted by atomic mass is 9.82. The van der Waals surface area contributed by atoms with Crippen LogP contribution < -0.4 is 5.32 Å². The molecule has 1 saturated heterocycles. The number of amidine groups is 2. The Bertz CT molecular complexity index is 1110. The number of hydrogen-bond acceptors (Lipinski definition) is 6. The van der Waals surface area contributed by atoms with Gasteiger partial charge >= 0.3 is 0 Å². The SMILES string of the molecule is C[C@@H]1CN2N=C(N3CCC(C)(C#N)CC3)C=C(C(=O)N[C@H](C)c3cccc(C(F)F)c3F)C2=N1. The Morgan fingerprint density at radius 2 is 1.97 bits per heavy atom. The minimum Gasteiger partial charge on any atom is -0.355 e. The molecule has 3 aliphatic heterocycles. The fourth-order valence-electron chi connectivity index (χ4n) is 4.38. The van der Waals surface area contributed by atoms with Crippen molar-refractivity contribution < 1.29 is 18.0 Å². The normalized spacial score (nSPS) is 22.4. The third-order valence-electron chi connectivity index (χ3n) is 6.58. The molecule has 1 N–H and O–H groups in total. The molecule has 3 heterocycles. The van der Waals surface area contributed by atoms with Gasteiger partial charge in [-0.3, -0.25) is 9.79 Å². The summed E-state index contributed by atoms with van der Waals surface area (Å²) < 4.78 is 40.8. The first-order valence-electron chi connectivity index (χ1n) is 11.3. The highest BCUT2D eigenvalue weighted by molar-refractivity contribution is 6.25. The number of aliphatic imine (C=N–C) groups is 1. The predicted molar refractivity (Wildman–Crippen MR) is 122 cm³/mol. The molecular formula is C24H27F3N6O. The molecule has 0 bridgehead atoms. The number of hydrogen-bond donors (Lipinski definition) is 1. The molecule has 0 aromatic heterocycles. The average molecular weight is 473 g/mol. The lowest BCUT2D eigenvalue weighted by Gasteiger charge is -2.37. The molecular weight excluding hydrogens is 445 g/mol. The van der Waals surface area contributed by atoms with Crippen LogP contribution in [-0.2, 0) is 4.79 Å². The topological polar surface area (TPSA) is 84.1 Å². The molecule has 3 aliphatic rings. The smallest absolute Gasteiger partial charge is 0.266 e. The number of nitrogens with zero attached hydrogens (tertiary/aromatic N) is 5. The van der Waals surface area contributed by atoms with E-state index in [0.717, 1.165) is 6.07 Å². The van der Waals surface area contributed by atoms with E-state index < -0.39 is 29.8 Å². The van der Waals surface area contributed by atoms with Gasteiger partial charge in [-0.05, 0) is 39.7 Å². The van der Waals surface area contributed by atoms with Gasteiger partial charge in [0.15, 0.2) is 5.84 Å². The van der Waals surface area contributed by atoms with Crippen molar-refractivity contribution in [3.05, 3.63) is 46.8 Å². The second kappa shape index (κ2) is 9.12. The van der Waals surface area contributed by atoms with Crippen LogP contribution in [0.2, 0.25) is 0 Å². The van der Waals surface area contributed by atoms with Crippen LogP contribution in [0.3, 0.4) is 0 Å². The highest BCUT2D eigenvalue weighted by Crippen LogP contribution is 2.32. The maximum atomic E-state index is 14.6. The third-order valence-corrected chi connectivity index (χ3v) is 6.58. The van der Waals surface area contributed by atoms with Crippen molar-refractivity contribution in [2.24, 2.45) is 15.5 Å². The number of rotatable bonds is 4. The number of amides is 1.